The highest BCUT2D eigenvalue weighted by Gasteiger charge is 2.40. The SMILES string of the molecule is Nc1nc2ccc(C(=O)N3CCCC4c5ccccc5C[C@@H]43)cc2s1. The number of likely N-dealkylation sites (tertiary alicyclic amines) is 1. The molecule has 1 amide bonds. The lowest BCUT2D eigenvalue weighted by atomic mass is 9.88. The summed E-state index contributed by atoms with van der Waals surface area (Å²) in [6, 6.07) is 14.7. The van der Waals surface area contributed by atoms with Crippen LogP contribution in [0.2, 0.25) is 0 Å². The van der Waals surface area contributed by atoms with E-state index in [-0.39, 0.29) is 5.91 Å². The molecule has 126 valence electrons. The molecule has 1 saturated heterocycles. The lowest BCUT2D eigenvalue weighted by Crippen LogP contribution is -2.46. The molecule has 0 radical (unpaired) electrons. The Balaban J connectivity index is 1.48. The molecule has 2 N–H and O–H groups in total. The molecule has 3 aromatic rings. The summed E-state index contributed by atoms with van der Waals surface area (Å²) in [5, 5.41) is 0.545. The van der Waals surface area contributed by atoms with Gasteiger partial charge in [-0.1, -0.05) is 35.6 Å². The lowest BCUT2D eigenvalue weighted by Gasteiger charge is -2.38. The van der Waals surface area contributed by atoms with Crippen LogP contribution in [0.4, 0.5) is 5.13 Å². The first-order chi connectivity index (χ1) is 12.2. The molecule has 4 nitrogen and oxygen atoms in total. The zero-order valence-electron chi connectivity index (χ0n) is 13.8. The summed E-state index contributed by atoms with van der Waals surface area (Å²) >= 11 is 1.44. The zero-order valence-corrected chi connectivity index (χ0v) is 14.6. The van der Waals surface area contributed by atoms with Gasteiger partial charge in [-0.3, -0.25) is 4.79 Å². The Kier molecular flexibility index (Phi) is 3.31. The fourth-order valence-electron chi connectivity index (χ4n) is 4.47. The highest BCUT2D eigenvalue weighted by atomic mass is 32.1. The smallest absolute Gasteiger partial charge is 0.254 e. The minimum atomic E-state index is 0.136. The van der Waals surface area contributed by atoms with E-state index in [9.17, 15) is 4.79 Å². The van der Waals surface area contributed by atoms with Gasteiger partial charge >= 0.3 is 0 Å². The molecule has 0 saturated carbocycles. The number of rotatable bonds is 1. The minimum absolute atomic E-state index is 0.136. The van der Waals surface area contributed by atoms with Crippen LogP contribution in [-0.2, 0) is 6.42 Å². The van der Waals surface area contributed by atoms with E-state index in [1.54, 1.807) is 0 Å². The highest BCUT2D eigenvalue weighted by Crippen LogP contribution is 2.42. The molecule has 0 spiro atoms. The Morgan fingerprint density at radius 1 is 1.24 bits per heavy atom. The van der Waals surface area contributed by atoms with E-state index in [1.807, 2.05) is 18.2 Å². The molecular weight excluding hydrogens is 330 g/mol. The quantitative estimate of drug-likeness (QED) is 0.726. The van der Waals surface area contributed by atoms with Crippen molar-refractivity contribution in [3.63, 3.8) is 0 Å². The number of hydrogen-bond donors (Lipinski definition) is 1. The maximum Gasteiger partial charge on any atom is 0.254 e. The van der Waals surface area contributed by atoms with Crippen molar-refractivity contribution in [2.45, 2.75) is 31.2 Å². The van der Waals surface area contributed by atoms with Gasteiger partial charge in [0, 0.05) is 24.1 Å². The molecule has 2 atom stereocenters. The third kappa shape index (κ3) is 2.34. The normalized spacial score (nSPS) is 22.0. The average Bonchev–Trinajstić information content (AvgIpc) is 3.19. The molecule has 1 aliphatic heterocycles. The first-order valence-electron chi connectivity index (χ1n) is 8.75. The van der Waals surface area contributed by atoms with Gasteiger partial charge in [0.15, 0.2) is 5.13 Å². The molecule has 2 aromatic carbocycles. The van der Waals surface area contributed by atoms with Gasteiger partial charge < -0.3 is 10.6 Å². The molecule has 5 rings (SSSR count). The first kappa shape index (κ1) is 14.9. The van der Waals surface area contributed by atoms with Crippen LogP contribution in [0.5, 0.6) is 0 Å². The number of anilines is 1. The van der Waals surface area contributed by atoms with Crippen molar-refractivity contribution in [1.29, 1.82) is 0 Å². The third-order valence-electron chi connectivity index (χ3n) is 5.58. The van der Waals surface area contributed by atoms with Gasteiger partial charge in [-0.25, -0.2) is 4.98 Å². The van der Waals surface area contributed by atoms with Crippen molar-refractivity contribution in [2.75, 3.05) is 12.3 Å². The van der Waals surface area contributed by atoms with Crippen LogP contribution in [0, 0.1) is 0 Å². The summed E-state index contributed by atoms with van der Waals surface area (Å²) in [6.45, 7) is 0.844. The maximum absolute atomic E-state index is 13.2. The van der Waals surface area contributed by atoms with E-state index in [2.05, 4.69) is 34.1 Å². The van der Waals surface area contributed by atoms with Crippen LogP contribution in [0.15, 0.2) is 42.5 Å². The molecule has 5 heteroatoms. The number of carbonyl (C=O) groups is 1. The lowest BCUT2D eigenvalue weighted by molar-refractivity contribution is 0.0595. The number of nitrogens with zero attached hydrogens (tertiary/aromatic N) is 2. The second kappa shape index (κ2) is 5.56. The van der Waals surface area contributed by atoms with Crippen molar-refractivity contribution in [3.8, 4) is 0 Å². The second-order valence-corrected chi connectivity index (χ2v) is 8.01. The second-order valence-electron chi connectivity index (χ2n) is 6.95. The Morgan fingerprint density at radius 3 is 3.04 bits per heavy atom. The molecule has 2 aliphatic rings. The van der Waals surface area contributed by atoms with Crippen molar-refractivity contribution in [1.82, 2.24) is 9.88 Å². The zero-order chi connectivity index (χ0) is 17.0. The summed E-state index contributed by atoms with van der Waals surface area (Å²) in [5.74, 6) is 0.619. The number of benzene rings is 2. The number of carbonyl (C=O) groups excluding carboxylic acids is 1. The standard InChI is InChI=1S/C20H19N3OS/c21-20-22-16-8-7-13(11-18(16)25-20)19(24)23-9-3-6-15-14-5-2-1-4-12(14)10-17(15)23/h1-2,4-5,7-8,11,15,17H,3,6,9-10H2,(H2,21,22)/t15?,17-/m0/s1. The molecule has 1 aromatic heterocycles. The van der Waals surface area contributed by atoms with Gasteiger partial charge in [-0.15, -0.1) is 0 Å². The van der Waals surface area contributed by atoms with Crippen LogP contribution >= 0.6 is 11.3 Å². The number of nitrogens with two attached hydrogens (primary N) is 1. The fourth-order valence-corrected chi connectivity index (χ4v) is 5.25. The highest BCUT2D eigenvalue weighted by molar-refractivity contribution is 7.22. The largest absolute Gasteiger partial charge is 0.375 e. The van der Waals surface area contributed by atoms with E-state index in [1.165, 1.54) is 28.9 Å². The van der Waals surface area contributed by atoms with Gasteiger partial charge in [0.2, 0.25) is 0 Å². The fraction of sp³-hybridized carbons (Fsp3) is 0.300. The molecule has 1 unspecified atom stereocenters. The topological polar surface area (TPSA) is 59.2 Å². The number of nitrogen functional groups attached to an aromatic ring is 1. The van der Waals surface area contributed by atoms with Crippen molar-refractivity contribution >= 4 is 32.6 Å². The van der Waals surface area contributed by atoms with Crippen LogP contribution in [0.3, 0.4) is 0 Å². The summed E-state index contributed by atoms with van der Waals surface area (Å²) in [6.07, 6.45) is 3.22. The Bertz CT molecular complexity index is 980. The van der Waals surface area contributed by atoms with Crippen LogP contribution in [-0.4, -0.2) is 28.4 Å². The van der Waals surface area contributed by atoms with Crippen LogP contribution in [0.1, 0.15) is 40.2 Å². The van der Waals surface area contributed by atoms with Crippen molar-refractivity contribution < 1.29 is 4.79 Å². The summed E-state index contributed by atoms with van der Waals surface area (Å²) < 4.78 is 0.978. The van der Waals surface area contributed by atoms with E-state index >= 15 is 0 Å². The van der Waals surface area contributed by atoms with E-state index in [0.29, 0.717) is 17.1 Å². The van der Waals surface area contributed by atoms with E-state index < -0.39 is 0 Å². The Labute approximate surface area is 150 Å². The van der Waals surface area contributed by atoms with E-state index in [4.69, 9.17) is 5.73 Å². The van der Waals surface area contributed by atoms with Crippen molar-refractivity contribution in [3.05, 3.63) is 59.2 Å². The minimum Gasteiger partial charge on any atom is -0.375 e. The first-order valence-corrected chi connectivity index (χ1v) is 9.57. The van der Waals surface area contributed by atoms with Gasteiger partial charge in [0.25, 0.3) is 5.91 Å². The summed E-state index contributed by atoms with van der Waals surface area (Å²) in [4.78, 5) is 19.6. The molecular formula is C20H19N3OS. The molecule has 0 bridgehead atoms. The predicted octanol–water partition coefficient (Wildman–Crippen LogP) is 3.82. The maximum atomic E-state index is 13.2. The van der Waals surface area contributed by atoms with Gasteiger partial charge in [0.05, 0.1) is 10.2 Å². The average molecular weight is 349 g/mol. The Morgan fingerprint density at radius 2 is 2.12 bits per heavy atom. The Hall–Kier alpha value is -2.40. The molecule has 2 heterocycles. The van der Waals surface area contributed by atoms with Gasteiger partial charge in [-0.2, -0.15) is 0 Å². The number of aromatic nitrogens is 1. The van der Waals surface area contributed by atoms with Crippen LogP contribution < -0.4 is 5.73 Å². The molecule has 25 heavy (non-hydrogen) atoms. The number of thiazole rings is 1. The monoisotopic (exact) mass is 349 g/mol. The number of amides is 1. The van der Waals surface area contributed by atoms with Crippen LogP contribution in [0.25, 0.3) is 10.2 Å². The number of fused-ring (bicyclic) bond motifs is 4. The molecule has 1 aliphatic carbocycles. The van der Waals surface area contributed by atoms with Gasteiger partial charge in [0.1, 0.15) is 0 Å². The number of hydrogen-bond acceptors (Lipinski definition) is 4. The van der Waals surface area contributed by atoms with Crippen molar-refractivity contribution in [2.24, 2.45) is 0 Å². The van der Waals surface area contributed by atoms with E-state index in [0.717, 1.165) is 35.2 Å². The third-order valence-corrected chi connectivity index (χ3v) is 6.42. The molecule has 1 fully saturated rings. The summed E-state index contributed by atoms with van der Waals surface area (Å²) in [5.41, 5.74) is 10.2. The predicted molar refractivity (Wildman–Crippen MR) is 101 cm³/mol. The number of piperidine rings is 1. The van der Waals surface area contributed by atoms with Gasteiger partial charge in [-0.05, 0) is 48.6 Å². The summed E-state index contributed by atoms with van der Waals surface area (Å²) in [7, 11) is 0.